The van der Waals surface area contributed by atoms with E-state index in [4.69, 9.17) is 0 Å². The highest BCUT2D eigenvalue weighted by atomic mass is 15.3. The van der Waals surface area contributed by atoms with Crippen LogP contribution < -0.4 is 5.32 Å². The van der Waals surface area contributed by atoms with Gasteiger partial charge in [0.15, 0.2) is 0 Å². The van der Waals surface area contributed by atoms with E-state index >= 15 is 0 Å². The van der Waals surface area contributed by atoms with Gasteiger partial charge in [-0.25, -0.2) is 0 Å². The van der Waals surface area contributed by atoms with Gasteiger partial charge >= 0.3 is 0 Å². The molecule has 0 atom stereocenters. The van der Waals surface area contributed by atoms with Crippen LogP contribution in [0.1, 0.15) is 18.9 Å². The van der Waals surface area contributed by atoms with E-state index in [1.807, 2.05) is 29.2 Å². The summed E-state index contributed by atoms with van der Waals surface area (Å²) in [6, 6.07) is 10.2. The first-order chi connectivity index (χ1) is 9.86. The third-order valence-corrected chi connectivity index (χ3v) is 3.26. The van der Waals surface area contributed by atoms with E-state index in [0.29, 0.717) is 0 Å². The lowest BCUT2D eigenvalue weighted by atomic mass is 10.2. The molecule has 0 fully saturated rings. The van der Waals surface area contributed by atoms with E-state index in [2.05, 4.69) is 46.7 Å². The standard InChI is InChI=1S/C16H18N4/c1-2-9-20-12-13(11-19-20)10-18-15-7-3-5-14-6-4-8-17-16(14)15/h3-8,11-12,18H,2,9-10H2,1H3. The lowest BCUT2D eigenvalue weighted by Gasteiger charge is -2.07. The quantitative estimate of drug-likeness (QED) is 0.769. The zero-order chi connectivity index (χ0) is 13.8. The van der Waals surface area contributed by atoms with Crippen LogP contribution in [0.3, 0.4) is 0 Å². The summed E-state index contributed by atoms with van der Waals surface area (Å²) < 4.78 is 1.98. The Kier molecular flexibility index (Phi) is 3.63. The van der Waals surface area contributed by atoms with Crippen molar-refractivity contribution in [1.82, 2.24) is 14.8 Å². The fourth-order valence-electron chi connectivity index (χ4n) is 2.29. The maximum atomic E-state index is 4.44. The van der Waals surface area contributed by atoms with E-state index in [1.165, 1.54) is 5.56 Å². The molecule has 3 rings (SSSR count). The molecule has 0 unspecified atom stereocenters. The first-order valence-corrected chi connectivity index (χ1v) is 6.96. The first kappa shape index (κ1) is 12.7. The second-order valence-corrected chi connectivity index (χ2v) is 4.85. The number of aromatic nitrogens is 3. The highest BCUT2D eigenvalue weighted by Gasteiger charge is 2.02. The van der Waals surface area contributed by atoms with Gasteiger partial charge in [-0.15, -0.1) is 0 Å². The van der Waals surface area contributed by atoms with Crippen LogP contribution >= 0.6 is 0 Å². The SMILES string of the molecule is CCCn1cc(CNc2cccc3cccnc23)cn1. The minimum atomic E-state index is 0.763. The van der Waals surface area contributed by atoms with Gasteiger partial charge in [0, 0.05) is 36.4 Å². The molecule has 0 amide bonds. The van der Waals surface area contributed by atoms with Gasteiger partial charge in [-0.05, 0) is 18.6 Å². The molecule has 4 nitrogen and oxygen atoms in total. The molecule has 4 heteroatoms. The molecule has 2 heterocycles. The summed E-state index contributed by atoms with van der Waals surface area (Å²) >= 11 is 0. The zero-order valence-corrected chi connectivity index (χ0v) is 11.6. The van der Waals surface area contributed by atoms with Crippen LogP contribution in [0.5, 0.6) is 0 Å². The van der Waals surface area contributed by atoms with Crippen LogP contribution in [-0.4, -0.2) is 14.8 Å². The number of benzene rings is 1. The summed E-state index contributed by atoms with van der Waals surface area (Å²) in [6.07, 6.45) is 6.94. The third-order valence-electron chi connectivity index (χ3n) is 3.26. The summed E-state index contributed by atoms with van der Waals surface area (Å²) in [7, 11) is 0. The number of fused-ring (bicyclic) bond motifs is 1. The third kappa shape index (κ3) is 2.64. The predicted molar refractivity (Wildman–Crippen MR) is 81.6 cm³/mol. The molecule has 0 spiro atoms. The van der Waals surface area contributed by atoms with E-state index < -0.39 is 0 Å². The average Bonchev–Trinajstić information content (AvgIpc) is 2.93. The van der Waals surface area contributed by atoms with Crippen molar-refractivity contribution in [2.75, 3.05) is 5.32 Å². The number of aryl methyl sites for hydroxylation is 1. The average molecular weight is 266 g/mol. The molecular formula is C16H18N4. The van der Waals surface area contributed by atoms with E-state index in [-0.39, 0.29) is 0 Å². The summed E-state index contributed by atoms with van der Waals surface area (Å²) in [5.41, 5.74) is 3.26. The lowest BCUT2D eigenvalue weighted by molar-refractivity contribution is 0.602. The molecule has 1 aromatic carbocycles. The number of para-hydroxylation sites is 1. The first-order valence-electron chi connectivity index (χ1n) is 6.96. The van der Waals surface area contributed by atoms with Crippen molar-refractivity contribution in [2.24, 2.45) is 0 Å². The van der Waals surface area contributed by atoms with Crippen LogP contribution in [0, 0.1) is 0 Å². The second-order valence-electron chi connectivity index (χ2n) is 4.85. The van der Waals surface area contributed by atoms with Crippen molar-refractivity contribution >= 4 is 16.6 Å². The van der Waals surface area contributed by atoms with Gasteiger partial charge in [0.2, 0.25) is 0 Å². The Morgan fingerprint density at radius 1 is 1.20 bits per heavy atom. The monoisotopic (exact) mass is 266 g/mol. The smallest absolute Gasteiger partial charge is 0.0933 e. The number of hydrogen-bond donors (Lipinski definition) is 1. The topological polar surface area (TPSA) is 42.7 Å². The molecule has 0 aliphatic rings. The van der Waals surface area contributed by atoms with Crippen molar-refractivity contribution in [3.05, 3.63) is 54.5 Å². The van der Waals surface area contributed by atoms with Crippen LogP contribution in [-0.2, 0) is 13.1 Å². The van der Waals surface area contributed by atoms with Gasteiger partial charge < -0.3 is 5.32 Å². The molecule has 0 radical (unpaired) electrons. The number of rotatable bonds is 5. The Labute approximate surface area is 118 Å². The molecule has 0 bridgehead atoms. The van der Waals surface area contributed by atoms with Gasteiger partial charge in [0.1, 0.15) is 0 Å². The molecule has 0 saturated carbocycles. The van der Waals surface area contributed by atoms with Crippen molar-refractivity contribution in [3.8, 4) is 0 Å². The summed E-state index contributed by atoms with van der Waals surface area (Å²) in [6.45, 7) is 3.89. The van der Waals surface area contributed by atoms with Crippen LogP contribution in [0.15, 0.2) is 48.9 Å². The van der Waals surface area contributed by atoms with Crippen LogP contribution in [0.25, 0.3) is 10.9 Å². The van der Waals surface area contributed by atoms with Gasteiger partial charge in [0.05, 0.1) is 17.4 Å². The maximum Gasteiger partial charge on any atom is 0.0933 e. The molecule has 1 N–H and O–H groups in total. The highest BCUT2D eigenvalue weighted by Crippen LogP contribution is 2.21. The Hall–Kier alpha value is -2.36. The Bertz CT molecular complexity index is 697. The Morgan fingerprint density at radius 2 is 2.10 bits per heavy atom. The van der Waals surface area contributed by atoms with Gasteiger partial charge in [0.25, 0.3) is 0 Å². The van der Waals surface area contributed by atoms with Crippen LogP contribution in [0.4, 0.5) is 5.69 Å². The molecule has 0 saturated heterocycles. The van der Waals surface area contributed by atoms with Crippen LogP contribution in [0.2, 0.25) is 0 Å². The van der Waals surface area contributed by atoms with Gasteiger partial charge in [-0.3, -0.25) is 9.67 Å². The molecule has 20 heavy (non-hydrogen) atoms. The summed E-state index contributed by atoms with van der Waals surface area (Å²) in [5.74, 6) is 0. The normalized spacial score (nSPS) is 10.8. The number of pyridine rings is 1. The Balaban J connectivity index is 1.76. The molecule has 3 aromatic rings. The van der Waals surface area contributed by atoms with Crippen molar-refractivity contribution < 1.29 is 0 Å². The molecular weight excluding hydrogens is 248 g/mol. The molecule has 0 aliphatic heterocycles. The number of nitrogens with one attached hydrogen (secondary N) is 1. The van der Waals surface area contributed by atoms with Gasteiger partial charge in [-0.2, -0.15) is 5.10 Å². The predicted octanol–water partition coefficient (Wildman–Crippen LogP) is 3.45. The fraction of sp³-hybridized carbons (Fsp3) is 0.250. The summed E-state index contributed by atoms with van der Waals surface area (Å²) in [5, 5.41) is 8.94. The van der Waals surface area contributed by atoms with E-state index in [1.54, 1.807) is 0 Å². The Morgan fingerprint density at radius 3 is 3.00 bits per heavy atom. The van der Waals surface area contributed by atoms with E-state index in [9.17, 15) is 0 Å². The maximum absolute atomic E-state index is 4.44. The van der Waals surface area contributed by atoms with Crippen molar-refractivity contribution in [1.29, 1.82) is 0 Å². The minimum Gasteiger partial charge on any atom is -0.379 e. The van der Waals surface area contributed by atoms with Crippen molar-refractivity contribution in [2.45, 2.75) is 26.4 Å². The molecule has 0 aliphatic carbocycles. The van der Waals surface area contributed by atoms with Gasteiger partial charge in [-0.1, -0.05) is 25.1 Å². The number of anilines is 1. The summed E-state index contributed by atoms with van der Waals surface area (Å²) in [4.78, 5) is 4.44. The number of nitrogens with zero attached hydrogens (tertiary/aromatic N) is 3. The van der Waals surface area contributed by atoms with Crippen molar-refractivity contribution in [3.63, 3.8) is 0 Å². The zero-order valence-electron chi connectivity index (χ0n) is 11.6. The second kappa shape index (κ2) is 5.74. The molecule has 2 aromatic heterocycles. The lowest BCUT2D eigenvalue weighted by Crippen LogP contribution is -2.00. The highest BCUT2D eigenvalue weighted by molar-refractivity contribution is 5.90. The minimum absolute atomic E-state index is 0.763. The van der Waals surface area contributed by atoms with E-state index in [0.717, 1.165) is 36.1 Å². The molecule has 102 valence electrons. The number of hydrogen-bond acceptors (Lipinski definition) is 3. The fourth-order valence-corrected chi connectivity index (χ4v) is 2.29. The largest absolute Gasteiger partial charge is 0.379 e.